The fourth-order valence-corrected chi connectivity index (χ4v) is 3.76. The van der Waals surface area contributed by atoms with Gasteiger partial charge in [0.1, 0.15) is 6.54 Å². The van der Waals surface area contributed by atoms with E-state index in [0.29, 0.717) is 11.7 Å². The van der Waals surface area contributed by atoms with Gasteiger partial charge >= 0.3 is 6.18 Å². The predicted octanol–water partition coefficient (Wildman–Crippen LogP) is 4.44. The Balaban J connectivity index is 1.77. The predicted molar refractivity (Wildman–Crippen MR) is 104 cm³/mol. The summed E-state index contributed by atoms with van der Waals surface area (Å²) in [6.45, 7) is 0.905. The summed E-state index contributed by atoms with van der Waals surface area (Å²) in [5, 5.41) is 1.85. The van der Waals surface area contributed by atoms with Gasteiger partial charge in [-0.05, 0) is 31.0 Å². The summed E-state index contributed by atoms with van der Waals surface area (Å²) in [4.78, 5) is 16.6. The summed E-state index contributed by atoms with van der Waals surface area (Å²) in [6.07, 6.45) is -3.65. The lowest BCUT2D eigenvalue weighted by molar-refractivity contribution is -0.137. The molecule has 4 nitrogen and oxygen atoms in total. The molecule has 1 atom stereocenters. The van der Waals surface area contributed by atoms with Crippen molar-refractivity contribution < 1.29 is 18.0 Å². The zero-order chi connectivity index (χ0) is 20.1. The molecule has 0 aliphatic carbocycles. The molecular weight excluding hydrogens is 387 g/mol. The van der Waals surface area contributed by atoms with Crippen LogP contribution in [0.5, 0.6) is 0 Å². The molecule has 0 aliphatic rings. The van der Waals surface area contributed by atoms with Crippen molar-refractivity contribution >= 4 is 28.7 Å². The summed E-state index contributed by atoms with van der Waals surface area (Å²) >= 11 is 1.16. The van der Waals surface area contributed by atoms with E-state index < -0.39 is 23.9 Å². The average Bonchev–Trinajstić information content (AvgIpc) is 3.01. The van der Waals surface area contributed by atoms with E-state index in [2.05, 4.69) is 4.98 Å². The lowest BCUT2D eigenvalue weighted by Gasteiger charge is -2.14. The van der Waals surface area contributed by atoms with Gasteiger partial charge in [0, 0.05) is 6.54 Å². The van der Waals surface area contributed by atoms with Crippen LogP contribution in [0.25, 0.3) is 11.0 Å². The van der Waals surface area contributed by atoms with Crippen molar-refractivity contribution in [1.82, 2.24) is 14.9 Å². The fraction of sp³-hybridized carbons (Fsp3) is 0.300. The standard InChI is InChI=1S/C20H20F3N3OS/c1-14(18(27)24-13-20(21,22)23)28-19-25-16-9-5-6-10-17(16)26(19)12-11-15-7-3-2-4-8-15/h2-10,14H,11-13H2,1H3,(H,24,27). The summed E-state index contributed by atoms with van der Waals surface area (Å²) in [5.74, 6) is -0.663. The molecule has 1 aromatic heterocycles. The Kier molecular flexibility index (Phi) is 6.28. The first kappa shape index (κ1) is 20.3. The molecule has 0 bridgehead atoms. The van der Waals surface area contributed by atoms with Crippen LogP contribution < -0.4 is 5.32 Å². The van der Waals surface area contributed by atoms with E-state index in [1.54, 1.807) is 6.92 Å². The number of hydrogen-bond acceptors (Lipinski definition) is 3. The minimum Gasteiger partial charge on any atom is -0.346 e. The molecule has 28 heavy (non-hydrogen) atoms. The van der Waals surface area contributed by atoms with E-state index in [1.807, 2.05) is 64.5 Å². The molecule has 3 rings (SSSR count). The van der Waals surface area contributed by atoms with Crippen LogP contribution in [-0.4, -0.2) is 33.4 Å². The third-order valence-electron chi connectivity index (χ3n) is 4.20. The molecule has 8 heteroatoms. The first-order chi connectivity index (χ1) is 13.3. The topological polar surface area (TPSA) is 46.9 Å². The Labute approximate surface area is 165 Å². The number of nitrogens with zero attached hydrogens (tertiary/aromatic N) is 2. The van der Waals surface area contributed by atoms with E-state index in [0.717, 1.165) is 29.2 Å². The Bertz CT molecular complexity index is 941. The third-order valence-corrected chi connectivity index (χ3v) is 5.29. The maximum atomic E-state index is 12.3. The highest BCUT2D eigenvalue weighted by atomic mass is 32.2. The second-order valence-electron chi connectivity index (χ2n) is 6.36. The van der Waals surface area contributed by atoms with Crippen LogP contribution >= 0.6 is 11.8 Å². The van der Waals surface area contributed by atoms with Gasteiger partial charge < -0.3 is 9.88 Å². The minimum atomic E-state index is -4.43. The van der Waals surface area contributed by atoms with E-state index in [1.165, 1.54) is 5.56 Å². The summed E-state index contributed by atoms with van der Waals surface area (Å²) in [7, 11) is 0. The number of rotatable bonds is 7. The fourth-order valence-electron chi connectivity index (χ4n) is 2.79. The number of carbonyl (C=O) groups is 1. The number of nitrogens with one attached hydrogen (secondary N) is 1. The second-order valence-corrected chi connectivity index (χ2v) is 7.67. The zero-order valence-electron chi connectivity index (χ0n) is 15.2. The molecule has 1 heterocycles. The van der Waals surface area contributed by atoms with Crippen molar-refractivity contribution in [2.24, 2.45) is 0 Å². The molecule has 3 aromatic rings. The van der Waals surface area contributed by atoms with Crippen LogP contribution in [0.15, 0.2) is 59.8 Å². The lowest BCUT2D eigenvalue weighted by Crippen LogP contribution is -2.38. The first-order valence-corrected chi connectivity index (χ1v) is 9.72. The van der Waals surface area contributed by atoms with Gasteiger partial charge in [-0.15, -0.1) is 0 Å². The van der Waals surface area contributed by atoms with E-state index in [4.69, 9.17) is 0 Å². The Hall–Kier alpha value is -2.48. The summed E-state index contributed by atoms with van der Waals surface area (Å²) < 4.78 is 39.0. The molecule has 1 unspecified atom stereocenters. The second kappa shape index (κ2) is 8.68. The van der Waals surface area contributed by atoms with Crippen molar-refractivity contribution in [1.29, 1.82) is 0 Å². The number of para-hydroxylation sites is 2. The summed E-state index contributed by atoms with van der Waals surface area (Å²) in [5.41, 5.74) is 2.90. The van der Waals surface area contributed by atoms with Crippen molar-refractivity contribution in [3.8, 4) is 0 Å². The van der Waals surface area contributed by atoms with Crippen LogP contribution in [-0.2, 0) is 17.8 Å². The van der Waals surface area contributed by atoms with E-state index in [-0.39, 0.29) is 0 Å². The smallest absolute Gasteiger partial charge is 0.346 e. The molecule has 0 spiro atoms. The highest BCUT2D eigenvalue weighted by Gasteiger charge is 2.29. The highest BCUT2D eigenvalue weighted by Crippen LogP contribution is 2.28. The van der Waals surface area contributed by atoms with Crippen molar-refractivity contribution in [2.75, 3.05) is 6.54 Å². The largest absolute Gasteiger partial charge is 0.405 e. The highest BCUT2D eigenvalue weighted by molar-refractivity contribution is 8.00. The monoisotopic (exact) mass is 407 g/mol. The number of thioether (sulfide) groups is 1. The van der Waals surface area contributed by atoms with Crippen molar-refractivity contribution in [2.45, 2.75) is 36.5 Å². The number of halogens is 3. The van der Waals surface area contributed by atoms with Gasteiger partial charge in [-0.3, -0.25) is 4.79 Å². The number of aromatic nitrogens is 2. The number of imidazole rings is 1. The molecule has 0 saturated carbocycles. The molecular formula is C20H20F3N3OS. The van der Waals surface area contributed by atoms with E-state index in [9.17, 15) is 18.0 Å². The van der Waals surface area contributed by atoms with Gasteiger partial charge in [0.25, 0.3) is 0 Å². The number of amides is 1. The lowest BCUT2D eigenvalue weighted by atomic mass is 10.1. The Morgan fingerprint density at radius 1 is 1.14 bits per heavy atom. The van der Waals surface area contributed by atoms with Crippen LogP contribution in [0, 0.1) is 0 Å². The van der Waals surface area contributed by atoms with Gasteiger partial charge in [0.2, 0.25) is 5.91 Å². The van der Waals surface area contributed by atoms with Crippen LogP contribution in [0.4, 0.5) is 13.2 Å². The number of benzene rings is 2. The van der Waals surface area contributed by atoms with Gasteiger partial charge in [-0.25, -0.2) is 4.98 Å². The summed E-state index contributed by atoms with van der Waals surface area (Å²) in [6, 6.07) is 17.6. The molecule has 0 radical (unpaired) electrons. The van der Waals surface area contributed by atoms with Crippen LogP contribution in [0.2, 0.25) is 0 Å². The van der Waals surface area contributed by atoms with Gasteiger partial charge in [0.05, 0.1) is 16.3 Å². The SMILES string of the molecule is CC(Sc1nc2ccccc2n1CCc1ccccc1)C(=O)NCC(F)(F)F. The van der Waals surface area contributed by atoms with Gasteiger partial charge in [-0.2, -0.15) is 13.2 Å². The molecule has 0 fully saturated rings. The molecule has 148 valence electrons. The normalized spacial score (nSPS) is 12.9. The van der Waals surface area contributed by atoms with Gasteiger partial charge in [-0.1, -0.05) is 54.2 Å². The Morgan fingerprint density at radius 3 is 2.54 bits per heavy atom. The van der Waals surface area contributed by atoms with Crippen molar-refractivity contribution in [3.63, 3.8) is 0 Å². The number of alkyl halides is 3. The maximum absolute atomic E-state index is 12.3. The van der Waals surface area contributed by atoms with E-state index >= 15 is 0 Å². The average molecular weight is 407 g/mol. The molecule has 0 saturated heterocycles. The number of hydrogen-bond donors (Lipinski definition) is 1. The Morgan fingerprint density at radius 2 is 1.82 bits per heavy atom. The molecule has 0 aliphatic heterocycles. The number of carbonyl (C=O) groups excluding carboxylic acids is 1. The zero-order valence-corrected chi connectivity index (χ0v) is 16.1. The van der Waals surface area contributed by atoms with Crippen LogP contribution in [0.3, 0.4) is 0 Å². The van der Waals surface area contributed by atoms with Crippen molar-refractivity contribution in [3.05, 3.63) is 60.2 Å². The van der Waals surface area contributed by atoms with Crippen LogP contribution in [0.1, 0.15) is 12.5 Å². The number of fused-ring (bicyclic) bond motifs is 1. The number of aryl methyl sites for hydroxylation is 2. The minimum absolute atomic E-state index is 0.617. The molecule has 2 aromatic carbocycles. The molecule has 1 N–H and O–H groups in total. The first-order valence-electron chi connectivity index (χ1n) is 8.84. The maximum Gasteiger partial charge on any atom is 0.405 e. The van der Waals surface area contributed by atoms with Gasteiger partial charge in [0.15, 0.2) is 5.16 Å². The molecule has 1 amide bonds. The third kappa shape index (κ3) is 5.28. The quantitative estimate of drug-likeness (QED) is 0.589.